The number of fused-ring (bicyclic) bond motifs is 2. The fraction of sp³-hybridized carbons (Fsp3) is 0.243. The van der Waals surface area contributed by atoms with Crippen LogP contribution in [-0.4, -0.2) is 80.7 Å². The molecule has 0 atom stereocenters. The van der Waals surface area contributed by atoms with Gasteiger partial charge in [-0.1, -0.05) is 44.0 Å². The SMILES string of the molecule is COC(=O)c1cc2nc(-c3cccc(Br)c3C)oc2cc1O.COC(=O)c1cc2nc(-c3cccc(Br)c3C)oc2cc1OCC(F)(F)F.O=S(=O)(OCC(F)(F)F)C(F)(F)F. The van der Waals surface area contributed by atoms with Crippen LogP contribution in [0.4, 0.5) is 39.5 Å². The van der Waals surface area contributed by atoms with Gasteiger partial charge in [0.05, 0.1) is 14.2 Å². The zero-order valence-electron chi connectivity index (χ0n) is 31.7. The van der Waals surface area contributed by atoms with E-state index in [1.54, 1.807) is 12.1 Å². The van der Waals surface area contributed by atoms with Crippen LogP contribution in [0.5, 0.6) is 11.5 Å². The highest BCUT2D eigenvalue weighted by molar-refractivity contribution is 9.10. The maximum atomic E-state index is 12.5. The van der Waals surface area contributed by atoms with Crippen molar-refractivity contribution in [1.29, 1.82) is 0 Å². The third-order valence-electron chi connectivity index (χ3n) is 7.86. The van der Waals surface area contributed by atoms with Crippen LogP contribution < -0.4 is 4.74 Å². The predicted molar refractivity (Wildman–Crippen MR) is 207 cm³/mol. The fourth-order valence-corrected chi connectivity index (χ4v) is 6.02. The number of phenols is 1. The van der Waals surface area contributed by atoms with Crippen molar-refractivity contribution in [3.05, 3.63) is 91.9 Å². The number of carbonyl (C=O) groups is 2. The lowest BCUT2D eigenvalue weighted by Gasteiger charge is -2.11. The van der Waals surface area contributed by atoms with Gasteiger partial charge in [0.15, 0.2) is 24.4 Å². The molecule has 25 heteroatoms. The van der Waals surface area contributed by atoms with Crippen LogP contribution in [0.15, 0.2) is 78.4 Å². The van der Waals surface area contributed by atoms with Gasteiger partial charge in [0.2, 0.25) is 11.8 Å². The number of aromatic hydroxyl groups is 1. The second-order valence-corrected chi connectivity index (χ2v) is 15.5. The van der Waals surface area contributed by atoms with Crippen molar-refractivity contribution >= 4 is 76.1 Å². The monoisotopic (exact) mass is 1040 g/mol. The highest BCUT2D eigenvalue weighted by Crippen LogP contribution is 2.36. The summed E-state index contributed by atoms with van der Waals surface area (Å²) in [6, 6.07) is 16.5. The molecule has 0 spiro atoms. The number of nitrogens with zero attached hydrogens (tertiary/aromatic N) is 2. The lowest BCUT2D eigenvalue weighted by atomic mass is 10.1. The van der Waals surface area contributed by atoms with Gasteiger partial charge in [-0.2, -0.15) is 47.9 Å². The number of hydrogen-bond acceptors (Lipinski definition) is 13. The summed E-state index contributed by atoms with van der Waals surface area (Å²) >= 11 is 6.89. The summed E-state index contributed by atoms with van der Waals surface area (Å²) < 4.78 is 155. The van der Waals surface area contributed by atoms with Crippen LogP contribution >= 0.6 is 31.9 Å². The van der Waals surface area contributed by atoms with Crippen LogP contribution in [0.25, 0.3) is 45.1 Å². The van der Waals surface area contributed by atoms with E-state index in [4.69, 9.17) is 13.6 Å². The Kier molecular flexibility index (Phi) is 15.4. The Bertz CT molecular complexity index is 2720. The molecule has 0 saturated heterocycles. The molecular formula is C37H27Br2F9N2O11S. The lowest BCUT2D eigenvalue weighted by molar-refractivity contribution is -0.156. The summed E-state index contributed by atoms with van der Waals surface area (Å²) in [7, 11) is -3.77. The van der Waals surface area contributed by atoms with E-state index in [9.17, 15) is 62.6 Å². The summed E-state index contributed by atoms with van der Waals surface area (Å²) in [5.41, 5.74) is -1.16. The molecule has 0 fully saturated rings. The van der Waals surface area contributed by atoms with Gasteiger partial charge in [-0.15, -0.1) is 0 Å². The molecule has 6 aromatic rings. The van der Waals surface area contributed by atoms with Gasteiger partial charge in [0.25, 0.3) is 0 Å². The number of esters is 2. The molecule has 4 aromatic carbocycles. The van der Waals surface area contributed by atoms with E-state index in [1.165, 1.54) is 31.4 Å². The number of ether oxygens (including phenoxy) is 3. The molecule has 6 rings (SSSR count). The molecule has 0 aliphatic heterocycles. The first kappa shape index (κ1) is 49.3. The first-order valence-electron chi connectivity index (χ1n) is 16.6. The van der Waals surface area contributed by atoms with Gasteiger partial charge in [-0.05, 0) is 61.4 Å². The molecule has 0 unspecified atom stereocenters. The molecule has 0 bridgehead atoms. The molecule has 1 N–H and O–H groups in total. The highest BCUT2D eigenvalue weighted by Gasteiger charge is 2.49. The van der Waals surface area contributed by atoms with Gasteiger partial charge in [-0.3, -0.25) is 4.18 Å². The Hall–Kier alpha value is -5.40. The Morgan fingerprint density at radius 1 is 0.694 bits per heavy atom. The van der Waals surface area contributed by atoms with Gasteiger partial charge >= 0.3 is 39.9 Å². The number of rotatable bonds is 8. The average molecular weight is 1040 g/mol. The minimum absolute atomic E-state index is 0.0563. The smallest absolute Gasteiger partial charge is 0.507 e. The molecule has 0 aliphatic carbocycles. The van der Waals surface area contributed by atoms with Crippen LogP contribution in [0, 0.1) is 13.8 Å². The number of carbonyl (C=O) groups excluding carboxylic acids is 2. The summed E-state index contributed by atoms with van der Waals surface area (Å²) in [5.74, 6) is -1.25. The first-order valence-corrected chi connectivity index (χ1v) is 19.6. The van der Waals surface area contributed by atoms with Gasteiger partial charge in [0.1, 0.15) is 33.7 Å². The number of oxazole rings is 2. The van der Waals surface area contributed by atoms with Crippen LogP contribution in [-0.2, 0) is 23.8 Å². The zero-order valence-corrected chi connectivity index (χ0v) is 35.7. The average Bonchev–Trinajstić information content (AvgIpc) is 3.80. The van der Waals surface area contributed by atoms with E-state index >= 15 is 0 Å². The summed E-state index contributed by atoms with van der Waals surface area (Å²) in [6.45, 7) is -0.221. The third kappa shape index (κ3) is 12.4. The molecular weight excluding hydrogens is 1010 g/mol. The van der Waals surface area contributed by atoms with Crippen molar-refractivity contribution in [2.75, 3.05) is 27.4 Å². The van der Waals surface area contributed by atoms with Crippen molar-refractivity contribution in [1.82, 2.24) is 9.97 Å². The molecule has 13 nitrogen and oxygen atoms in total. The summed E-state index contributed by atoms with van der Waals surface area (Å²) in [6.07, 6.45) is -9.68. The standard InChI is InChI=1S/C18H13BrF3NO4.C16H12BrNO4.C3H2F6O3S/c1-9-10(4-3-5-12(9)19)16-23-13-6-11(17(24)25-2)14(7-15(13)27-16)26-8-18(20,21)22;1-8-9(4-3-5-11(8)17)15-18-12-6-10(16(20)21-2)13(19)7-14(12)22-15;4-2(5,6)1-12-13(10,11)3(7,8)9/h3-7H,8H2,1-2H3;3-7,19H,1-2H3;1H2. The fourth-order valence-electron chi connectivity index (χ4n) is 4.86. The quantitative estimate of drug-likeness (QED) is 0.0660. The molecule has 0 saturated carbocycles. The second-order valence-electron chi connectivity index (χ2n) is 12.2. The van der Waals surface area contributed by atoms with Crippen LogP contribution in [0.1, 0.15) is 31.8 Å². The lowest BCUT2D eigenvalue weighted by Crippen LogP contribution is -2.29. The van der Waals surface area contributed by atoms with Gasteiger partial charge in [-0.25, -0.2) is 19.6 Å². The molecule has 0 amide bonds. The molecule has 0 aliphatic rings. The maximum absolute atomic E-state index is 12.5. The van der Waals surface area contributed by atoms with Crippen molar-refractivity contribution in [2.24, 2.45) is 0 Å². The van der Waals surface area contributed by atoms with E-state index in [0.717, 1.165) is 32.7 Å². The third-order valence-corrected chi connectivity index (χ3v) is 10.6. The van der Waals surface area contributed by atoms with Crippen molar-refractivity contribution in [3.63, 3.8) is 0 Å². The zero-order chi connectivity index (χ0) is 46.5. The summed E-state index contributed by atoms with van der Waals surface area (Å²) in [4.78, 5) is 32.3. The van der Waals surface area contributed by atoms with Crippen molar-refractivity contribution in [2.45, 2.75) is 31.7 Å². The highest BCUT2D eigenvalue weighted by atomic mass is 79.9. The molecule has 2 aromatic heterocycles. The Morgan fingerprint density at radius 2 is 1.13 bits per heavy atom. The number of halogens is 11. The Balaban J connectivity index is 0.000000218. The van der Waals surface area contributed by atoms with Gasteiger partial charge < -0.3 is 28.2 Å². The number of hydrogen-bond donors (Lipinski definition) is 1. The number of aromatic nitrogens is 2. The number of alkyl halides is 9. The minimum Gasteiger partial charge on any atom is -0.507 e. The molecule has 2 heterocycles. The van der Waals surface area contributed by atoms with Crippen LogP contribution in [0.3, 0.4) is 0 Å². The van der Waals surface area contributed by atoms with Gasteiger partial charge in [0, 0.05) is 32.2 Å². The Morgan fingerprint density at radius 3 is 1.56 bits per heavy atom. The minimum atomic E-state index is -6.15. The normalized spacial score (nSPS) is 12.0. The first-order chi connectivity index (χ1) is 28.7. The molecule has 62 heavy (non-hydrogen) atoms. The van der Waals surface area contributed by atoms with Crippen molar-refractivity contribution < 1.29 is 89.9 Å². The Labute approximate surface area is 360 Å². The number of phenolic OH excluding ortho intramolecular Hbond substituents is 1. The largest absolute Gasteiger partial charge is 0.523 e. The predicted octanol–water partition coefficient (Wildman–Crippen LogP) is 10.8. The number of methoxy groups -OCH3 is 2. The van der Waals surface area contributed by atoms with E-state index in [1.807, 2.05) is 38.1 Å². The summed E-state index contributed by atoms with van der Waals surface area (Å²) in [5, 5.41) is 9.89. The van der Waals surface area contributed by atoms with E-state index < -0.39 is 53.1 Å². The van der Waals surface area contributed by atoms with Crippen molar-refractivity contribution in [3.8, 4) is 34.4 Å². The van der Waals surface area contributed by atoms with E-state index in [0.29, 0.717) is 28.1 Å². The van der Waals surface area contributed by atoms with E-state index in [2.05, 4.69) is 55.5 Å². The topological polar surface area (TPSA) is 177 Å². The maximum Gasteiger partial charge on any atom is 0.523 e. The molecule has 334 valence electrons. The van der Waals surface area contributed by atoms with Crippen LogP contribution in [0.2, 0.25) is 0 Å². The molecule has 0 radical (unpaired) electrons. The van der Waals surface area contributed by atoms with E-state index in [-0.39, 0.29) is 34.1 Å². The second kappa shape index (κ2) is 19.3. The number of benzene rings is 4.